The lowest BCUT2D eigenvalue weighted by Gasteiger charge is -2.32. The number of rotatable bonds is 23. The number of aliphatic hydroxyl groups is 1. The second-order valence-corrected chi connectivity index (χ2v) is 16.7. The van der Waals surface area contributed by atoms with Crippen molar-refractivity contribution in [1.82, 2.24) is 40.9 Å². The number of aromatic nitrogens is 4. The monoisotopic (exact) mass is 863 g/mol. The fraction of sp³-hybridized carbons (Fsp3) is 0.727. The Balaban J connectivity index is 0.000000259. The molecule has 0 saturated carbocycles. The van der Waals surface area contributed by atoms with E-state index < -0.39 is 61.2 Å². The van der Waals surface area contributed by atoms with E-state index in [-0.39, 0.29) is 54.0 Å². The van der Waals surface area contributed by atoms with Crippen LogP contribution in [0.25, 0.3) is 11.2 Å². The number of H-pyrrole nitrogens is 1. The number of thioether (sulfide) groups is 1. The molecule has 0 spiro atoms. The first-order chi connectivity index (χ1) is 27.6. The fourth-order valence-electron chi connectivity index (χ4n) is 6.89. The molecule has 3 saturated heterocycles. The van der Waals surface area contributed by atoms with E-state index in [1.165, 1.54) is 22.7 Å². The van der Waals surface area contributed by atoms with Crippen LogP contribution in [0.5, 0.6) is 0 Å². The zero-order chi connectivity index (χ0) is 42.5. The zero-order valence-electron chi connectivity index (χ0n) is 32.0. The maximum Gasteiger partial charge on any atom is 0.469 e. The molecule has 0 unspecified atom stereocenters. The number of phosphoric acid groups is 1. The van der Waals surface area contributed by atoms with Crippen molar-refractivity contribution in [3.05, 3.63) is 16.7 Å². The first kappa shape index (κ1) is 46.8. The maximum atomic E-state index is 13.0. The molecular formula is C33H54N9O14PS. The quantitative estimate of drug-likeness (QED) is 0.0313. The molecule has 12 N–H and O–H groups in total. The van der Waals surface area contributed by atoms with Gasteiger partial charge in [0.2, 0.25) is 11.9 Å². The molecule has 5 rings (SSSR count). The number of aliphatic carboxylic acids is 2. The highest BCUT2D eigenvalue weighted by atomic mass is 32.2. The number of fused-ring (bicyclic) bond motifs is 2. The molecule has 23 nitrogen and oxygen atoms in total. The van der Waals surface area contributed by atoms with E-state index in [0.717, 1.165) is 32.1 Å². The molecule has 58 heavy (non-hydrogen) atoms. The number of ether oxygens (including phenoxy) is 1. The number of nitrogens with one attached hydrogen (secondary N) is 5. The Morgan fingerprint density at radius 1 is 1.05 bits per heavy atom. The number of nitrogens with two attached hydrogens (primary N) is 1. The van der Waals surface area contributed by atoms with Gasteiger partial charge in [0, 0.05) is 31.7 Å². The molecular weight excluding hydrogens is 809 g/mol. The number of nitrogen functional groups attached to an aromatic ring is 1. The Bertz CT molecular complexity index is 1810. The number of hydroxylamine groups is 1. The lowest BCUT2D eigenvalue weighted by atomic mass is 9.88. The smallest absolute Gasteiger partial charge is 0.469 e. The van der Waals surface area contributed by atoms with Crippen molar-refractivity contribution in [3.63, 3.8) is 0 Å². The second-order valence-electron chi connectivity index (χ2n) is 14.1. The van der Waals surface area contributed by atoms with Gasteiger partial charge in [-0.1, -0.05) is 39.0 Å². The van der Waals surface area contributed by atoms with Gasteiger partial charge < -0.3 is 51.5 Å². The van der Waals surface area contributed by atoms with Gasteiger partial charge in [0.05, 0.1) is 25.0 Å². The van der Waals surface area contributed by atoms with E-state index in [1.54, 1.807) is 0 Å². The minimum Gasteiger partial charge on any atom is -0.481 e. The van der Waals surface area contributed by atoms with Gasteiger partial charge in [-0.05, 0) is 32.1 Å². The van der Waals surface area contributed by atoms with Gasteiger partial charge in [0.1, 0.15) is 23.1 Å². The van der Waals surface area contributed by atoms with E-state index in [9.17, 15) is 33.6 Å². The van der Waals surface area contributed by atoms with Crippen LogP contribution in [-0.2, 0) is 33.0 Å². The van der Waals surface area contributed by atoms with Gasteiger partial charge in [-0.15, -0.1) is 11.8 Å². The minimum absolute atomic E-state index is 0.00793. The van der Waals surface area contributed by atoms with Gasteiger partial charge in [-0.25, -0.2) is 19.8 Å². The van der Waals surface area contributed by atoms with Gasteiger partial charge in [-0.2, -0.15) is 4.98 Å². The fourth-order valence-corrected chi connectivity index (χ4v) is 8.88. The number of aliphatic hydroxyl groups excluding tert-OH is 1. The number of nitrogens with zero attached hydrogens (tertiary/aromatic N) is 3. The van der Waals surface area contributed by atoms with Gasteiger partial charge in [-0.3, -0.25) is 38.1 Å². The standard InChI is InChI=1S/C17H27N3O6S.C16H27N6O8P/c21-12(22)6-2-1-5-9-18-15(25)17(8-4-3-7-13(23)24)14-11(10-27-17)19-16(26)20-14;1-2-3-4-5-6-19-30-12-9(7-28-31(25,26)27)29-15(11(12)23)22-8-18-10-13(22)20-16(17)21-14(10)24/h11,14H,1-10H2,(H,18,25)(H,21,22)(H,23,24)(H2,19,20,26);8-9,11-12,15,19,23H,2-7H2,1H3,(H2,25,26,27)(H3,17,20,21,24)/t11-,14-,17-;9-,11-,12-,15-/m01/s1. The number of anilines is 1. The topological polar surface area (TPSA) is 352 Å². The van der Waals surface area contributed by atoms with Gasteiger partial charge in [0.15, 0.2) is 17.4 Å². The first-order valence-electron chi connectivity index (χ1n) is 19.1. The lowest BCUT2D eigenvalue weighted by Crippen LogP contribution is -2.56. The van der Waals surface area contributed by atoms with Crippen LogP contribution in [0.4, 0.5) is 10.7 Å². The average Bonchev–Trinajstić information content (AvgIpc) is 3.91. The van der Waals surface area contributed by atoms with Crippen LogP contribution >= 0.6 is 19.6 Å². The Morgan fingerprint density at radius 3 is 2.43 bits per heavy atom. The van der Waals surface area contributed by atoms with E-state index in [0.29, 0.717) is 50.9 Å². The maximum absolute atomic E-state index is 13.0. The molecule has 3 aliphatic rings. The highest BCUT2D eigenvalue weighted by molar-refractivity contribution is 8.01. The number of phosphoric ester groups is 1. The molecule has 0 aromatic carbocycles. The Hall–Kier alpha value is -3.87. The van der Waals surface area contributed by atoms with Crippen LogP contribution in [0.1, 0.15) is 90.2 Å². The van der Waals surface area contributed by atoms with Crippen LogP contribution < -0.4 is 32.7 Å². The molecule has 2 aromatic heterocycles. The Labute approximate surface area is 337 Å². The summed E-state index contributed by atoms with van der Waals surface area (Å²) in [5.74, 6) is -1.33. The number of aromatic amines is 1. The van der Waals surface area contributed by atoms with Crippen molar-refractivity contribution in [2.75, 3.05) is 31.2 Å². The molecule has 0 radical (unpaired) electrons. The summed E-state index contributed by atoms with van der Waals surface area (Å²) >= 11 is 1.51. The van der Waals surface area contributed by atoms with Crippen molar-refractivity contribution in [2.45, 2.75) is 125 Å². The predicted molar refractivity (Wildman–Crippen MR) is 207 cm³/mol. The number of carboxylic acid groups (broad SMARTS) is 2. The second kappa shape index (κ2) is 21.9. The van der Waals surface area contributed by atoms with Gasteiger partial charge >= 0.3 is 25.8 Å². The molecule has 0 aliphatic carbocycles. The number of carboxylic acids is 2. The van der Waals surface area contributed by atoms with Gasteiger partial charge in [0.25, 0.3) is 5.56 Å². The summed E-state index contributed by atoms with van der Waals surface area (Å²) in [7, 11) is -4.77. The van der Waals surface area contributed by atoms with Crippen molar-refractivity contribution >= 4 is 60.6 Å². The Kier molecular flexibility index (Phi) is 17.7. The summed E-state index contributed by atoms with van der Waals surface area (Å²) in [4.78, 5) is 91.8. The molecule has 7 atom stereocenters. The number of unbranched alkanes of at least 4 members (excludes halogenated alkanes) is 6. The van der Waals surface area contributed by atoms with Crippen LogP contribution in [0.15, 0.2) is 11.1 Å². The summed E-state index contributed by atoms with van der Waals surface area (Å²) in [5, 5.41) is 36.9. The number of hydrogen-bond acceptors (Lipinski definition) is 15. The largest absolute Gasteiger partial charge is 0.481 e. The minimum atomic E-state index is -4.77. The molecule has 3 amide bonds. The van der Waals surface area contributed by atoms with Crippen LogP contribution in [0, 0.1) is 0 Å². The van der Waals surface area contributed by atoms with Crippen LogP contribution in [0.3, 0.4) is 0 Å². The van der Waals surface area contributed by atoms with Crippen molar-refractivity contribution in [1.29, 1.82) is 0 Å². The Morgan fingerprint density at radius 2 is 1.74 bits per heavy atom. The molecule has 326 valence electrons. The SMILES string of the molecule is CCCCCCNO[C@H]1[C@@H](O)[C@H](n2cnc3c(=O)[nH]c(N)nc32)O[C@@H]1COP(=O)(O)O.O=C(O)CCCCCNC(=O)[C@@]1(CCCCC(=O)O)SC[C@@H]2NC(=O)N[C@@H]21. The molecule has 5 heterocycles. The first-order valence-corrected chi connectivity index (χ1v) is 21.6. The number of urea groups is 1. The highest BCUT2D eigenvalue weighted by Gasteiger charge is 2.57. The van der Waals surface area contributed by atoms with Crippen LogP contribution in [-0.4, -0.2) is 129 Å². The normalized spacial score (nSPS) is 25.1. The van der Waals surface area contributed by atoms with E-state index in [2.05, 4.69) is 47.8 Å². The number of hydrogen-bond donors (Lipinski definition) is 11. The number of carbonyl (C=O) groups is 4. The third-order valence-electron chi connectivity index (χ3n) is 9.75. The highest BCUT2D eigenvalue weighted by Crippen LogP contribution is 2.44. The summed E-state index contributed by atoms with van der Waals surface area (Å²) in [6, 6.07) is -0.697. The molecule has 3 aliphatic heterocycles. The summed E-state index contributed by atoms with van der Waals surface area (Å²) < 4.78 is 21.9. The van der Waals surface area contributed by atoms with Crippen molar-refractivity contribution in [3.8, 4) is 0 Å². The van der Waals surface area contributed by atoms with E-state index in [1.807, 2.05) is 0 Å². The molecule has 2 aromatic rings. The lowest BCUT2D eigenvalue weighted by molar-refractivity contribution is -0.138. The zero-order valence-corrected chi connectivity index (χ0v) is 33.8. The van der Waals surface area contributed by atoms with Crippen LogP contribution in [0.2, 0.25) is 0 Å². The number of amides is 3. The number of carbonyl (C=O) groups excluding carboxylic acids is 2. The summed E-state index contributed by atoms with van der Waals surface area (Å²) in [6.45, 7) is 2.52. The van der Waals surface area contributed by atoms with Crippen molar-refractivity contribution in [2.24, 2.45) is 0 Å². The average molecular weight is 864 g/mol. The molecule has 3 fully saturated rings. The third-order valence-corrected chi connectivity index (χ3v) is 11.9. The third kappa shape index (κ3) is 13.1. The van der Waals surface area contributed by atoms with E-state index in [4.69, 9.17) is 35.3 Å². The molecule has 0 bridgehead atoms. The predicted octanol–water partition coefficient (Wildman–Crippen LogP) is 0.468. The molecule has 25 heteroatoms. The summed E-state index contributed by atoms with van der Waals surface area (Å²) in [6.07, 6.45) is 4.54. The summed E-state index contributed by atoms with van der Waals surface area (Å²) in [5.41, 5.74) is 7.87. The number of imidazole rings is 1. The van der Waals surface area contributed by atoms with E-state index >= 15 is 0 Å². The van der Waals surface area contributed by atoms with Crippen molar-refractivity contribution < 1.29 is 62.9 Å².